The van der Waals surface area contributed by atoms with Crippen molar-refractivity contribution in [2.45, 2.75) is 50.5 Å². The van der Waals surface area contributed by atoms with E-state index in [4.69, 9.17) is 0 Å². The third-order valence-corrected chi connectivity index (χ3v) is 8.50. The minimum absolute atomic E-state index is 0.105. The maximum Gasteiger partial charge on any atom is 0.268 e. The molecule has 176 valence electrons. The number of unbranched alkanes of at least 4 members (excludes halogenated alkanes) is 2. The summed E-state index contributed by atoms with van der Waals surface area (Å²) in [5.74, 6) is -0.105. The van der Waals surface area contributed by atoms with Crippen molar-refractivity contribution in [3.05, 3.63) is 78.0 Å². The summed E-state index contributed by atoms with van der Waals surface area (Å²) in [7, 11) is -3.86. The molecule has 1 aliphatic rings. The Kier molecular flexibility index (Phi) is 7.37. The van der Waals surface area contributed by atoms with Crippen LogP contribution in [-0.4, -0.2) is 42.0 Å². The predicted molar refractivity (Wildman–Crippen MR) is 134 cm³/mol. The van der Waals surface area contributed by atoms with Crippen molar-refractivity contribution >= 4 is 20.9 Å². The lowest BCUT2D eigenvalue weighted by molar-refractivity contribution is 0.0878. The first-order valence-corrected chi connectivity index (χ1v) is 13.4. The Labute approximate surface area is 197 Å². The highest BCUT2D eigenvalue weighted by atomic mass is 32.2. The Bertz CT molecular complexity index is 1210. The van der Waals surface area contributed by atoms with Crippen LogP contribution in [0.15, 0.2) is 77.2 Å². The van der Waals surface area contributed by atoms with Crippen molar-refractivity contribution in [3.8, 4) is 0 Å². The van der Waals surface area contributed by atoms with E-state index in [0.29, 0.717) is 11.2 Å². The van der Waals surface area contributed by atoms with Crippen LogP contribution >= 0.6 is 0 Å². The molecule has 1 saturated heterocycles. The Hall–Kier alpha value is -2.41. The van der Waals surface area contributed by atoms with Gasteiger partial charge >= 0.3 is 0 Å². The molecule has 1 aliphatic heterocycles. The smallest absolute Gasteiger partial charge is 0.268 e. The molecule has 2 aromatic carbocycles. The quantitative estimate of drug-likeness (QED) is 0.358. The highest BCUT2D eigenvalue weighted by Gasteiger charge is 2.34. The number of aliphatic hydroxyl groups excluding tert-OH is 1. The minimum Gasteiger partial charge on any atom is -0.386 e. The molecule has 0 saturated carbocycles. The number of likely N-dealkylation sites (tertiary alicyclic amines) is 1. The van der Waals surface area contributed by atoms with Gasteiger partial charge in [0.05, 0.1) is 16.1 Å². The van der Waals surface area contributed by atoms with Gasteiger partial charge in [0.2, 0.25) is 0 Å². The normalized spacial score (nSPS) is 19.8. The number of hydrogen-bond acceptors (Lipinski definition) is 4. The van der Waals surface area contributed by atoms with E-state index in [0.717, 1.165) is 31.4 Å². The van der Waals surface area contributed by atoms with E-state index in [1.807, 2.05) is 31.2 Å². The third-order valence-electron chi connectivity index (χ3n) is 6.75. The van der Waals surface area contributed by atoms with Crippen molar-refractivity contribution < 1.29 is 13.5 Å². The maximum absolute atomic E-state index is 13.7. The van der Waals surface area contributed by atoms with Crippen molar-refractivity contribution in [3.63, 3.8) is 0 Å². The molecule has 3 aromatic rings. The molecule has 1 N–H and O–H groups in total. The van der Waals surface area contributed by atoms with Crippen molar-refractivity contribution in [1.29, 1.82) is 0 Å². The monoisotopic (exact) mass is 466 g/mol. The fourth-order valence-corrected chi connectivity index (χ4v) is 6.51. The van der Waals surface area contributed by atoms with Crippen LogP contribution in [0.4, 0.5) is 0 Å². The van der Waals surface area contributed by atoms with Crippen LogP contribution in [0, 0.1) is 5.92 Å². The highest BCUT2D eigenvalue weighted by molar-refractivity contribution is 7.90. The van der Waals surface area contributed by atoms with E-state index < -0.39 is 16.1 Å². The van der Waals surface area contributed by atoms with E-state index in [1.165, 1.54) is 28.8 Å². The molecule has 1 unspecified atom stereocenters. The van der Waals surface area contributed by atoms with Gasteiger partial charge in [-0.15, -0.1) is 0 Å². The number of fused-ring (bicyclic) bond motifs is 1. The average molecular weight is 467 g/mol. The topological polar surface area (TPSA) is 62.5 Å². The molecule has 2 atom stereocenters. The number of para-hydroxylation sites is 1. The van der Waals surface area contributed by atoms with Gasteiger partial charge in [-0.25, -0.2) is 12.4 Å². The van der Waals surface area contributed by atoms with E-state index in [9.17, 15) is 13.5 Å². The van der Waals surface area contributed by atoms with Gasteiger partial charge in [0, 0.05) is 17.8 Å². The number of benzene rings is 2. The fourth-order valence-electron chi connectivity index (χ4n) is 4.93. The lowest BCUT2D eigenvalue weighted by Gasteiger charge is -2.37. The number of nitrogens with zero attached hydrogens (tertiary/aromatic N) is 2. The molecule has 0 spiro atoms. The summed E-state index contributed by atoms with van der Waals surface area (Å²) >= 11 is 0. The van der Waals surface area contributed by atoms with Gasteiger partial charge in [-0.1, -0.05) is 67.8 Å². The summed E-state index contributed by atoms with van der Waals surface area (Å²) < 4.78 is 28.7. The second kappa shape index (κ2) is 10.2. The maximum atomic E-state index is 13.7. The predicted octanol–water partition coefficient (Wildman–Crippen LogP) is 5.37. The highest BCUT2D eigenvalue weighted by Crippen LogP contribution is 2.38. The summed E-state index contributed by atoms with van der Waals surface area (Å²) in [4.78, 5) is 2.67. The standard InChI is InChI=1S/C27H34N2O3S/c1-3-5-11-17-28-18-16-24(21(4-2)20-28)27(30)26-19-22-12-9-10-15-25(22)29(26)33(31,32)23-13-7-6-8-14-23/h4,6-10,12-15,19,24,27,30H,3,5,11,16-18,20H2,1-2H3/b21-4-/t24-,27?/m1/s1. The molecule has 0 bridgehead atoms. The summed E-state index contributed by atoms with van der Waals surface area (Å²) in [5, 5.41) is 12.4. The zero-order chi connectivity index (χ0) is 23.4. The molecule has 2 heterocycles. The van der Waals surface area contributed by atoms with Gasteiger partial charge in [-0.3, -0.25) is 4.90 Å². The van der Waals surface area contributed by atoms with E-state index in [1.54, 1.807) is 36.4 Å². The molecule has 4 rings (SSSR count). The molecule has 1 aromatic heterocycles. The Balaban J connectivity index is 1.71. The molecule has 33 heavy (non-hydrogen) atoms. The number of allylic oxidation sites excluding steroid dienone is 1. The molecular formula is C27H34N2O3S. The number of rotatable bonds is 8. The van der Waals surface area contributed by atoms with Gasteiger partial charge in [-0.05, 0) is 57.1 Å². The number of piperidine rings is 1. The molecule has 0 amide bonds. The third kappa shape index (κ3) is 4.79. The first-order chi connectivity index (χ1) is 16.0. The van der Waals surface area contributed by atoms with Crippen LogP contribution in [0.5, 0.6) is 0 Å². The van der Waals surface area contributed by atoms with Gasteiger partial charge in [0.15, 0.2) is 0 Å². The Morgan fingerprint density at radius 2 is 1.82 bits per heavy atom. The first kappa shape index (κ1) is 23.7. The first-order valence-electron chi connectivity index (χ1n) is 11.9. The molecule has 0 radical (unpaired) electrons. The van der Waals surface area contributed by atoms with Gasteiger partial charge in [0.25, 0.3) is 10.0 Å². The lowest BCUT2D eigenvalue weighted by Crippen LogP contribution is -2.38. The summed E-state index contributed by atoms with van der Waals surface area (Å²) in [6.07, 6.45) is 5.61. The molecular weight excluding hydrogens is 432 g/mol. The van der Waals surface area contributed by atoms with Gasteiger partial charge in [-0.2, -0.15) is 0 Å². The summed E-state index contributed by atoms with van der Waals surface area (Å²) in [6.45, 7) is 7.03. The van der Waals surface area contributed by atoms with Crippen LogP contribution in [0.2, 0.25) is 0 Å². The van der Waals surface area contributed by atoms with Gasteiger partial charge in [0.1, 0.15) is 6.10 Å². The zero-order valence-corrected chi connectivity index (χ0v) is 20.3. The fraction of sp³-hybridized carbons (Fsp3) is 0.407. The van der Waals surface area contributed by atoms with Crippen molar-refractivity contribution in [1.82, 2.24) is 8.87 Å². The average Bonchev–Trinajstić information content (AvgIpc) is 3.25. The van der Waals surface area contributed by atoms with Crippen LogP contribution in [0.3, 0.4) is 0 Å². The second-order valence-electron chi connectivity index (χ2n) is 8.90. The largest absolute Gasteiger partial charge is 0.386 e. The number of hydrogen-bond donors (Lipinski definition) is 1. The molecule has 0 aliphatic carbocycles. The summed E-state index contributed by atoms with van der Waals surface area (Å²) in [6, 6.07) is 17.7. The second-order valence-corrected chi connectivity index (χ2v) is 10.7. The van der Waals surface area contributed by atoms with Crippen LogP contribution < -0.4 is 0 Å². The molecule has 1 fully saturated rings. The zero-order valence-electron chi connectivity index (χ0n) is 19.5. The van der Waals surface area contributed by atoms with E-state index in [-0.39, 0.29) is 10.8 Å². The van der Waals surface area contributed by atoms with Crippen LogP contribution in [-0.2, 0) is 10.0 Å². The Morgan fingerprint density at radius 3 is 2.55 bits per heavy atom. The van der Waals surface area contributed by atoms with E-state index >= 15 is 0 Å². The summed E-state index contributed by atoms with van der Waals surface area (Å²) in [5.41, 5.74) is 2.21. The lowest BCUT2D eigenvalue weighted by atomic mass is 9.85. The van der Waals surface area contributed by atoms with E-state index in [2.05, 4.69) is 17.9 Å². The number of aliphatic hydroxyl groups is 1. The molecule has 5 nitrogen and oxygen atoms in total. The van der Waals surface area contributed by atoms with Crippen LogP contribution in [0.25, 0.3) is 10.9 Å². The SMILES string of the molecule is C/C=C1/CN(CCCCC)CC[C@H]1C(O)c1cc2ccccc2n1S(=O)(=O)c1ccccc1. The Morgan fingerprint density at radius 1 is 1.09 bits per heavy atom. The van der Waals surface area contributed by atoms with Gasteiger partial charge < -0.3 is 5.11 Å². The van der Waals surface area contributed by atoms with Crippen molar-refractivity contribution in [2.24, 2.45) is 5.92 Å². The van der Waals surface area contributed by atoms with Crippen molar-refractivity contribution in [2.75, 3.05) is 19.6 Å². The molecule has 6 heteroatoms. The number of aromatic nitrogens is 1. The van der Waals surface area contributed by atoms with Crippen LogP contribution in [0.1, 0.15) is 51.3 Å². The minimum atomic E-state index is -3.86.